The van der Waals surface area contributed by atoms with Gasteiger partial charge in [0.1, 0.15) is 0 Å². The summed E-state index contributed by atoms with van der Waals surface area (Å²) in [5.41, 5.74) is 2.69. The number of rotatable bonds is 9. The van der Waals surface area contributed by atoms with Crippen molar-refractivity contribution in [2.45, 2.75) is 25.6 Å². The highest BCUT2D eigenvalue weighted by Gasteiger charge is 2.18. The van der Waals surface area contributed by atoms with E-state index in [0.717, 1.165) is 5.56 Å². The number of hydrogen-bond acceptors (Lipinski definition) is 7. The van der Waals surface area contributed by atoms with Gasteiger partial charge in [-0.15, -0.1) is 10.2 Å². The summed E-state index contributed by atoms with van der Waals surface area (Å²) in [7, 11) is -0.434. The maximum absolute atomic E-state index is 12.7. The molecule has 11 heteroatoms. The third-order valence-corrected chi connectivity index (χ3v) is 5.98. The third-order valence-electron chi connectivity index (χ3n) is 4.64. The molecule has 2 heterocycles. The minimum Gasteiger partial charge on any atom is -0.480 e. The van der Waals surface area contributed by atoms with E-state index in [1.165, 1.54) is 20.4 Å². The average molecular weight is 445 g/mol. The number of hydrogen-bond donors (Lipinski definition) is 2. The summed E-state index contributed by atoms with van der Waals surface area (Å²) in [5, 5.41) is 15.2. The van der Waals surface area contributed by atoms with Crippen molar-refractivity contribution in [3.05, 3.63) is 65.0 Å². The van der Waals surface area contributed by atoms with Gasteiger partial charge in [-0.3, -0.25) is 4.79 Å². The van der Waals surface area contributed by atoms with E-state index in [4.69, 9.17) is 4.74 Å². The molecule has 0 aliphatic heterocycles. The third kappa shape index (κ3) is 5.44. The summed E-state index contributed by atoms with van der Waals surface area (Å²) in [5.74, 6) is 0.528. The average Bonchev–Trinajstić information content (AvgIpc) is 3.22. The number of carbonyl (C=O) groups excluding carboxylic acids is 1. The van der Waals surface area contributed by atoms with Crippen molar-refractivity contribution >= 4 is 15.9 Å². The van der Waals surface area contributed by atoms with Crippen LogP contribution >= 0.6 is 0 Å². The van der Waals surface area contributed by atoms with Gasteiger partial charge in [-0.1, -0.05) is 31.2 Å². The van der Waals surface area contributed by atoms with Crippen molar-refractivity contribution in [2.75, 3.05) is 14.2 Å². The van der Waals surface area contributed by atoms with E-state index in [1.807, 2.05) is 6.92 Å². The van der Waals surface area contributed by atoms with Crippen molar-refractivity contribution in [1.82, 2.24) is 30.0 Å². The maximum Gasteiger partial charge on any atom is 0.255 e. The van der Waals surface area contributed by atoms with Crippen molar-refractivity contribution in [3.8, 4) is 11.7 Å². The second kappa shape index (κ2) is 9.67. The van der Waals surface area contributed by atoms with E-state index in [9.17, 15) is 13.2 Å². The fourth-order valence-electron chi connectivity index (χ4n) is 2.96. The molecule has 10 nitrogen and oxygen atoms in total. The highest BCUT2D eigenvalue weighted by atomic mass is 32.2. The normalized spacial score (nSPS) is 11.3. The molecule has 0 saturated carbocycles. The molecule has 1 aromatic carbocycles. The van der Waals surface area contributed by atoms with E-state index in [-0.39, 0.29) is 11.7 Å². The minimum atomic E-state index is -3.33. The van der Waals surface area contributed by atoms with Crippen LogP contribution in [0.4, 0.5) is 0 Å². The van der Waals surface area contributed by atoms with E-state index in [0.29, 0.717) is 41.5 Å². The monoisotopic (exact) mass is 444 g/mol. The second-order valence-electron chi connectivity index (χ2n) is 6.67. The van der Waals surface area contributed by atoms with Crippen LogP contribution in [-0.2, 0) is 28.7 Å². The Labute approximate surface area is 180 Å². The van der Waals surface area contributed by atoms with Gasteiger partial charge >= 0.3 is 0 Å². The lowest BCUT2D eigenvalue weighted by Crippen LogP contribution is -2.24. The maximum atomic E-state index is 12.7. The molecule has 3 aromatic rings. The van der Waals surface area contributed by atoms with Crippen LogP contribution in [0.15, 0.2) is 42.6 Å². The Balaban J connectivity index is 1.69. The number of benzene rings is 1. The van der Waals surface area contributed by atoms with Crippen molar-refractivity contribution < 1.29 is 17.9 Å². The molecule has 0 saturated heterocycles. The number of amides is 1. The topological polar surface area (TPSA) is 128 Å². The molecule has 1 amide bonds. The van der Waals surface area contributed by atoms with Crippen molar-refractivity contribution in [1.29, 1.82) is 0 Å². The second-order valence-corrected chi connectivity index (χ2v) is 8.59. The Hall–Kier alpha value is -3.31. The van der Waals surface area contributed by atoms with Crippen LogP contribution in [0.5, 0.6) is 5.88 Å². The number of nitrogens with one attached hydrogen (secondary N) is 2. The number of carbonyl (C=O) groups is 1. The molecular weight excluding hydrogens is 420 g/mol. The Kier molecular flexibility index (Phi) is 6.98. The summed E-state index contributed by atoms with van der Waals surface area (Å²) in [6.07, 6.45) is 2.08. The highest BCUT2D eigenvalue weighted by molar-refractivity contribution is 7.88. The van der Waals surface area contributed by atoms with Gasteiger partial charge in [0.25, 0.3) is 5.91 Å². The Morgan fingerprint density at radius 3 is 2.39 bits per heavy atom. The lowest BCUT2D eigenvalue weighted by Gasteiger charge is -2.09. The minimum absolute atomic E-state index is 0.0938. The van der Waals surface area contributed by atoms with Gasteiger partial charge in [-0.25, -0.2) is 17.8 Å². The standard InChI is InChI=1S/C20H24N6O4S/c1-4-17-16(12-23-26(17)18-9-10-19(30-3)25-24-18)20(27)22-11-14-5-7-15(8-6-14)13-31(28,29)21-2/h5-10,12,21H,4,11,13H2,1-3H3,(H,22,27). The first kappa shape index (κ1) is 22.4. The molecule has 2 aromatic heterocycles. The summed E-state index contributed by atoms with van der Waals surface area (Å²) in [4.78, 5) is 12.7. The molecular formula is C20H24N6O4S. The predicted octanol–water partition coefficient (Wildman–Crippen LogP) is 1.21. The zero-order valence-electron chi connectivity index (χ0n) is 17.5. The van der Waals surface area contributed by atoms with Gasteiger partial charge in [0.05, 0.1) is 30.3 Å². The summed E-state index contributed by atoms with van der Waals surface area (Å²) in [6.45, 7) is 2.23. The number of sulfonamides is 1. The molecule has 0 atom stereocenters. The van der Waals surface area contributed by atoms with Crippen LogP contribution in [0.25, 0.3) is 5.82 Å². The Morgan fingerprint density at radius 2 is 1.81 bits per heavy atom. The van der Waals surface area contributed by atoms with E-state index in [1.54, 1.807) is 41.1 Å². The van der Waals surface area contributed by atoms with E-state index >= 15 is 0 Å². The van der Waals surface area contributed by atoms with Gasteiger partial charge in [0.2, 0.25) is 15.9 Å². The van der Waals surface area contributed by atoms with Crippen LogP contribution < -0.4 is 14.8 Å². The van der Waals surface area contributed by atoms with Crippen molar-refractivity contribution in [3.63, 3.8) is 0 Å². The predicted molar refractivity (Wildman–Crippen MR) is 114 cm³/mol. The molecule has 0 spiro atoms. The quantitative estimate of drug-likeness (QED) is 0.508. The van der Waals surface area contributed by atoms with Crippen LogP contribution in [0, 0.1) is 0 Å². The fraction of sp³-hybridized carbons (Fsp3) is 0.300. The van der Waals surface area contributed by atoms with Crippen LogP contribution in [0.1, 0.15) is 34.1 Å². The lowest BCUT2D eigenvalue weighted by molar-refractivity contribution is 0.0950. The van der Waals surface area contributed by atoms with Crippen LogP contribution in [0.2, 0.25) is 0 Å². The first-order valence-corrected chi connectivity index (χ1v) is 11.2. The molecule has 0 aliphatic carbocycles. The summed E-state index contributed by atoms with van der Waals surface area (Å²) < 4.78 is 32.1. The number of nitrogens with zero attached hydrogens (tertiary/aromatic N) is 4. The van der Waals surface area contributed by atoms with Gasteiger partial charge in [0, 0.05) is 12.6 Å². The number of aromatic nitrogens is 4. The largest absolute Gasteiger partial charge is 0.480 e. The molecule has 31 heavy (non-hydrogen) atoms. The number of methoxy groups -OCH3 is 1. The zero-order valence-corrected chi connectivity index (χ0v) is 18.3. The van der Waals surface area contributed by atoms with Crippen LogP contribution in [0.3, 0.4) is 0 Å². The highest BCUT2D eigenvalue weighted by Crippen LogP contribution is 2.16. The molecule has 2 N–H and O–H groups in total. The Morgan fingerprint density at radius 1 is 1.10 bits per heavy atom. The first-order valence-electron chi connectivity index (χ1n) is 9.59. The molecule has 3 rings (SSSR count). The molecule has 0 bridgehead atoms. The molecule has 164 valence electrons. The molecule has 0 fully saturated rings. The number of ether oxygens (including phenoxy) is 1. The smallest absolute Gasteiger partial charge is 0.255 e. The summed E-state index contributed by atoms with van der Waals surface area (Å²) in [6, 6.07) is 10.4. The van der Waals surface area contributed by atoms with Gasteiger partial charge in [0.15, 0.2) is 5.82 Å². The zero-order chi connectivity index (χ0) is 22.4. The summed E-state index contributed by atoms with van der Waals surface area (Å²) >= 11 is 0. The van der Waals surface area contributed by atoms with Crippen LogP contribution in [-0.4, -0.2) is 48.5 Å². The Bertz CT molecular complexity index is 1140. The lowest BCUT2D eigenvalue weighted by atomic mass is 10.1. The van der Waals surface area contributed by atoms with E-state index < -0.39 is 10.0 Å². The van der Waals surface area contributed by atoms with Gasteiger partial charge in [-0.05, 0) is 30.7 Å². The molecule has 0 radical (unpaired) electrons. The van der Waals surface area contributed by atoms with Crippen molar-refractivity contribution in [2.24, 2.45) is 0 Å². The van der Waals surface area contributed by atoms with Gasteiger partial charge < -0.3 is 10.1 Å². The van der Waals surface area contributed by atoms with Gasteiger partial charge in [-0.2, -0.15) is 5.10 Å². The van der Waals surface area contributed by atoms with E-state index in [2.05, 4.69) is 25.3 Å². The molecule has 0 unspecified atom stereocenters. The SMILES string of the molecule is CCc1c(C(=O)NCc2ccc(CS(=O)(=O)NC)cc2)cnn1-c1ccc(OC)nn1. The first-order chi connectivity index (χ1) is 14.9. The molecule has 0 aliphatic rings. The fourth-order valence-corrected chi connectivity index (χ4v) is 3.73.